The molecule has 1 fully saturated rings. The number of carbonyl (C=O) groups is 2. The molecule has 1 aromatic heterocycles. The Morgan fingerprint density at radius 1 is 1.13 bits per heavy atom. The molecule has 1 saturated heterocycles. The highest BCUT2D eigenvalue weighted by Gasteiger charge is 2.25. The summed E-state index contributed by atoms with van der Waals surface area (Å²) in [6.45, 7) is 7.92. The lowest BCUT2D eigenvalue weighted by Gasteiger charge is -2.27. The molecule has 1 atom stereocenters. The van der Waals surface area contributed by atoms with Crippen LogP contribution in [0.1, 0.15) is 41.8 Å². The molecule has 0 saturated carbocycles. The molecule has 0 aliphatic carbocycles. The number of hydrogen-bond donors (Lipinski definition) is 2. The number of aliphatic imine (C=N–C) groups is 1. The van der Waals surface area contributed by atoms with Crippen LogP contribution >= 0.6 is 0 Å². The average molecular weight is 515 g/mol. The molecular weight excluding hydrogens is 480 g/mol. The van der Waals surface area contributed by atoms with E-state index in [9.17, 15) is 9.59 Å². The first-order valence-electron chi connectivity index (χ1n) is 13.2. The maximum absolute atomic E-state index is 12.8. The fraction of sp³-hybridized carbons (Fsp3) is 0.379. The first-order chi connectivity index (χ1) is 18.5. The molecule has 3 aliphatic rings. The molecule has 9 nitrogen and oxygen atoms in total. The van der Waals surface area contributed by atoms with Crippen LogP contribution in [-0.2, 0) is 16.0 Å². The predicted octanol–water partition coefficient (Wildman–Crippen LogP) is 3.08. The van der Waals surface area contributed by atoms with Crippen molar-refractivity contribution in [3.05, 3.63) is 77.3 Å². The Kier molecular flexibility index (Phi) is 7.83. The molecule has 0 radical (unpaired) electrons. The molecule has 5 rings (SSSR count). The SMILES string of the molecule is CCC(C)NC(=O)Cc1cccc(C2=CN3CCN=C3C(Nc3ccc(C(=O)N4CCOCC4)cn3)=C2)c1. The maximum Gasteiger partial charge on any atom is 0.255 e. The van der Waals surface area contributed by atoms with Crippen LogP contribution < -0.4 is 10.6 Å². The minimum absolute atomic E-state index is 0.0292. The zero-order valence-corrected chi connectivity index (χ0v) is 21.9. The highest BCUT2D eigenvalue weighted by atomic mass is 16.5. The van der Waals surface area contributed by atoms with E-state index >= 15 is 0 Å². The highest BCUT2D eigenvalue weighted by Crippen LogP contribution is 2.28. The fourth-order valence-electron chi connectivity index (χ4n) is 4.66. The van der Waals surface area contributed by atoms with Crippen molar-refractivity contribution in [3.63, 3.8) is 0 Å². The number of amides is 2. The number of pyridine rings is 1. The van der Waals surface area contributed by atoms with Crippen LogP contribution in [0.3, 0.4) is 0 Å². The Morgan fingerprint density at radius 3 is 2.74 bits per heavy atom. The van der Waals surface area contributed by atoms with E-state index in [4.69, 9.17) is 4.74 Å². The van der Waals surface area contributed by atoms with Gasteiger partial charge in [-0.2, -0.15) is 0 Å². The van der Waals surface area contributed by atoms with Gasteiger partial charge in [0.1, 0.15) is 5.82 Å². The quantitative estimate of drug-likeness (QED) is 0.562. The number of aromatic nitrogens is 1. The van der Waals surface area contributed by atoms with Gasteiger partial charge in [0.05, 0.1) is 37.4 Å². The summed E-state index contributed by atoms with van der Waals surface area (Å²) in [4.78, 5) is 38.3. The third-order valence-electron chi connectivity index (χ3n) is 6.93. The Labute approximate surface area is 223 Å². The number of hydrogen-bond acceptors (Lipinski definition) is 7. The monoisotopic (exact) mass is 514 g/mol. The summed E-state index contributed by atoms with van der Waals surface area (Å²) < 4.78 is 5.34. The smallest absolute Gasteiger partial charge is 0.255 e. The zero-order valence-electron chi connectivity index (χ0n) is 21.9. The number of nitrogens with zero attached hydrogens (tertiary/aromatic N) is 4. The van der Waals surface area contributed by atoms with Crippen molar-refractivity contribution in [3.8, 4) is 0 Å². The molecule has 3 aliphatic heterocycles. The molecule has 1 aromatic carbocycles. The number of rotatable bonds is 8. The highest BCUT2D eigenvalue weighted by molar-refractivity contribution is 6.07. The van der Waals surface area contributed by atoms with Gasteiger partial charge in [0, 0.05) is 43.6 Å². The molecule has 198 valence electrons. The van der Waals surface area contributed by atoms with Crippen molar-refractivity contribution in [1.29, 1.82) is 0 Å². The van der Waals surface area contributed by atoms with Crippen LogP contribution in [0.4, 0.5) is 5.82 Å². The summed E-state index contributed by atoms with van der Waals surface area (Å²) in [5.74, 6) is 1.51. The van der Waals surface area contributed by atoms with Crippen molar-refractivity contribution in [2.24, 2.45) is 4.99 Å². The van der Waals surface area contributed by atoms with Gasteiger partial charge in [0.15, 0.2) is 5.84 Å². The van der Waals surface area contributed by atoms with E-state index in [2.05, 4.69) is 56.8 Å². The average Bonchev–Trinajstić information content (AvgIpc) is 3.43. The summed E-state index contributed by atoms with van der Waals surface area (Å²) in [6.07, 6.45) is 7.03. The van der Waals surface area contributed by atoms with E-state index in [1.165, 1.54) is 0 Å². The molecule has 38 heavy (non-hydrogen) atoms. The Morgan fingerprint density at radius 2 is 1.97 bits per heavy atom. The van der Waals surface area contributed by atoms with Gasteiger partial charge < -0.3 is 25.2 Å². The second kappa shape index (κ2) is 11.6. The second-order valence-corrected chi connectivity index (χ2v) is 9.76. The number of benzene rings is 1. The third-order valence-corrected chi connectivity index (χ3v) is 6.93. The number of carbonyl (C=O) groups excluding carboxylic acids is 2. The van der Waals surface area contributed by atoms with E-state index < -0.39 is 0 Å². The van der Waals surface area contributed by atoms with Gasteiger partial charge in [-0.05, 0) is 42.7 Å². The van der Waals surface area contributed by atoms with Crippen LogP contribution in [0, 0.1) is 0 Å². The molecule has 2 aromatic rings. The van der Waals surface area contributed by atoms with Gasteiger partial charge in [-0.25, -0.2) is 4.98 Å². The van der Waals surface area contributed by atoms with Gasteiger partial charge >= 0.3 is 0 Å². The van der Waals surface area contributed by atoms with Crippen molar-refractivity contribution < 1.29 is 14.3 Å². The fourth-order valence-corrected chi connectivity index (χ4v) is 4.66. The lowest BCUT2D eigenvalue weighted by molar-refractivity contribution is -0.121. The number of ether oxygens (including phenoxy) is 1. The van der Waals surface area contributed by atoms with E-state index in [-0.39, 0.29) is 17.9 Å². The van der Waals surface area contributed by atoms with Crippen LogP contribution in [0.5, 0.6) is 0 Å². The number of amidine groups is 1. The molecule has 9 heteroatoms. The minimum atomic E-state index is -0.0292. The third kappa shape index (κ3) is 5.94. The van der Waals surface area contributed by atoms with E-state index in [0.717, 1.165) is 41.2 Å². The number of nitrogens with one attached hydrogen (secondary N) is 2. The number of allylic oxidation sites excluding steroid dienone is 2. The first kappa shape index (κ1) is 25.7. The van der Waals surface area contributed by atoms with Crippen LogP contribution in [0.15, 0.2) is 65.6 Å². The Hall–Kier alpha value is -3.98. The van der Waals surface area contributed by atoms with E-state index in [1.807, 2.05) is 25.1 Å². The molecule has 0 bridgehead atoms. The molecule has 1 unspecified atom stereocenters. The van der Waals surface area contributed by atoms with Crippen molar-refractivity contribution >= 4 is 29.0 Å². The summed E-state index contributed by atoms with van der Waals surface area (Å²) in [6, 6.07) is 11.9. The number of morpholine rings is 1. The molecule has 0 spiro atoms. The maximum atomic E-state index is 12.8. The lowest BCUT2D eigenvalue weighted by Crippen LogP contribution is -2.40. The van der Waals surface area contributed by atoms with Crippen molar-refractivity contribution in [1.82, 2.24) is 20.1 Å². The molecular formula is C29H34N6O3. The van der Waals surface area contributed by atoms with Gasteiger partial charge in [-0.1, -0.05) is 31.2 Å². The number of anilines is 1. The summed E-state index contributed by atoms with van der Waals surface area (Å²) in [7, 11) is 0. The summed E-state index contributed by atoms with van der Waals surface area (Å²) in [5, 5.41) is 6.44. The normalized spacial score (nSPS) is 17.7. The predicted molar refractivity (Wildman–Crippen MR) is 148 cm³/mol. The molecule has 2 amide bonds. The topological polar surface area (TPSA) is 99.2 Å². The summed E-state index contributed by atoms with van der Waals surface area (Å²) >= 11 is 0. The Balaban J connectivity index is 1.32. The second-order valence-electron chi connectivity index (χ2n) is 9.76. The van der Waals surface area contributed by atoms with Gasteiger partial charge in [-0.3, -0.25) is 14.6 Å². The van der Waals surface area contributed by atoms with Crippen LogP contribution in [0.2, 0.25) is 0 Å². The van der Waals surface area contributed by atoms with Gasteiger partial charge in [0.2, 0.25) is 5.91 Å². The number of fused-ring (bicyclic) bond motifs is 1. The minimum Gasteiger partial charge on any atom is -0.378 e. The van der Waals surface area contributed by atoms with Crippen molar-refractivity contribution in [2.45, 2.75) is 32.7 Å². The van der Waals surface area contributed by atoms with Crippen LogP contribution in [-0.4, -0.2) is 77.9 Å². The summed E-state index contributed by atoms with van der Waals surface area (Å²) in [5.41, 5.74) is 4.43. The lowest BCUT2D eigenvalue weighted by atomic mass is 9.99. The standard InChI is InChI=1S/C29H34N6O3/c1-3-20(2)32-27(36)16-21-5-4-6-22(15-21)24-17-25(28-30-9-10-35(28)19-24)33-26-8-7-23(18-31-26)29(37)34-11-13-38-14-12-34/h4-8,15,17-20H,3,9-14,16H2,1-2H3,(H,31,33)(H,32,36). The van der Waals surface area contributed by atoms with Crippen molar-refractivity contribution in [2.75, 3.05) is 44.7 Å². The Bertz CT molecular complexity index is 1280. The van der Waals surface area contributed by atoms with E-state index in [0.29, 0.717) is 50.7 Å². The first-order valence-corrected chi connectivity index (χ1v) is 13.2. The molecule has 2 N–H and O–H groups in total. The zero-order chi connectivity index (χ0) is 26.5. The van der Waals surface area contributed by atoms with Crippen LogP contribution in [0.25, 0.3) is 5.57 Å². The van der Waals surface area contributed by atoms with Gasteiger partial charge in [-0.15, -0.1) is 0 Å². The van der Waals surface area contributed by atoms with Gasteiger partial charge in [0.25, 0.3) is 5.91 Å². The molecule has 4 heterocycles. The largest absolute Gasteiger partial charge is 0.378 e. The van der Waals surface area contributed by atoms with E-state index in [1.54, 1.807) is 17.2 Å².